The highest BCUT2D eigenvalue weighted by molar-refractivity contribution is 5.70. The summed E-state index contributed by atoms with van der Waals surface area (Å²) in [6, 6.07) is 4.89. The molecule has 0 aliphatic carbocycles. The molecule has 0 aliphatic heterocycles. The molecule has 0 atom stereocenters. The lowest BCUT2D eigenvalue weighted by molar-refractivity contribution is -0.140. The quantitative estimate of drug-likeness (QED) is 0.773. The average Bonchev–Trinajstić information content (AvgIpc) is 2.38. The van der Waals surface area contributed by atoms with Crippen molar-refractivity contribution in [3.05, 3.63) is 29.8 Å². The molecule has 1 rings (SSSR count). The predicted octanol–water partition coefficient (Wildman–Crippen LogP) is 3.09. The summed E-state index contributed by atoms with van der Waals surface area (Å²) in [5, 5.41) is 0. The molecule has 106 valence electrons. The number of halogens is 3. The van der Waals surface area contributed by atoms with Gasteiger partial charge in [-0.3, -0.25) is 4.79 Å². The van der Waals surface area contributed by atoms with Crippen LogP contribution in [0.3, 0.4) is 0 Å². The van der Waals surface area contributed by atoms with Gasteiger partial charge in [0.05, 0.1) is 19.1 Å². The van der Waals surface area contributed by atoms with Gasteiger partial charge in [-0.15, -0.1) is 0 Å². The maximum Gasteiger partial charge on any atom is 0.416 e. The highest BCUT2D eigenvalue weighted by atomic mass is 19.4. The summed E-state index contributed by atoms with van der Waals surface area (Å²) in [5.41, 5.74) is -0.0281. The van der Waals surface area contributed by atoms with Crippen molar-refractivity contribution in [1.82, 2.24) is 0 Å². The first-order valence-electron chi connectivity index (χ1n) is 5.87. The normalized spacial score (nSPS) is 11.2. The Labute approximate surface area is 110 Å². The molecule has 0 unspecified atom stereocenters. The Morgan fingerprint density at radius 1 is 1.26 bits per heavy atom. The summed E-state index contributed by atoms with van der Waals surface area (Å²) in [7, 11) is 1.30. The molecule has 1 aromatic rings. The average molecular weight is 275 g/mol. The van der Waals surface area contributed by atoms with Gasteiger partial charge in [-0.05, 0) is 31.2 Å². The minimum Gasteiger partial charge on any atom is -0.469 e. The number of ether oxygens (including phenoxy) is 1. The molecule has 0 N–H and O–H groups in total. The van der Waals surface area contributed by atoms with Crippen molar-refractivity contribution in [2.24, 2.45) is 0 Å². The van der Waals surface area contributed by atoms with Crippen LogP contribution >= 0.6 is 0 Å². The number of methoxy groups -OCH3 is 1. The number of rotatable bonds is 5. The van der Waals surface area contributed by atoms with Crippen LogP contribution in [0.4, 0.5) is 18.9 Å². The van der Waals surface area contributed by atoms with Gasteiger partial charge in [-0.2, -0.15) is 13.2 Å². The van der Waals surface area contributed by atoms with E-state index in [2.05, 4.69) is 4.74 Å². The molecule has 19 heavy (non-hydrogen) atoms. The Bertz CT molecular complexity index is 415. The van der Waals surface area contributed by atoms with Crippen LogP contribution in [0.2, 0.25) is 0 Å². The van der Waals surface area contributed by atoms with Gasteiger partial charge in [-0.25, -0.2) is 0 Å². The van der Waals surface area contributed by atoms with E-state index in [0.717, 1.165) is 12.1 Å². The zero-order valence-electron chi connectivity index (χ0n) is 10.8. The van der Waals surface area contributed by atoms with Crippen LogP contribution in [0.1, 0.15) is 18.9 Å². The predicted molar refractivity (Wildman–Crippen MR) is 66.0 cm³/mol. The van der Waals surface area contributed by atoms with Crippen LogP contribution in [0.5, 0.6) is 0 Å². The van der Waals surface area contributed by atoms with Crippen molar-refractivity contribution in [3.63, 3.8) is 0 Å². The molecule has 0 bridgehead atoms. The fourth-order valence-electron chi connectivity index (χ4n) is 1.66. The van der Waals surface area contributed by atoms with E-state index >= 15 is 0 Å². The highest BCUT2D eigenvalue weighted by Gasteiger charge is 2.30. The van der Waals surface area contributed by atoms with Gasteiger partial charge in [0, 0.05) is 18.8 Å². The lowest BCUT2D eigenvalue weighted by Gasteiger charge is -2.23. The lowest BCUT2D eigenvalue weighted by atomic mass is 10.2. The second kappa shape index (κ2) is 6.45. The van der Waals surface area contributed by atoms with Crippen LogP contribution in [-0.4, -0.2) is 26.2 Å². The Hall–Kier alpha value is -1.72. The van der Waals surface area contributed by atoms with Crippen molar-refractivity contribution in [2.75, 3.05) is 25.1 Å². The van der Waals surface area contributed by atoms with Crippen molar-refractivity contribution >= 4 is 11.7 Å². The molecular formula is C13H16F3NO2. The molecule has 0 aromatic heterocycles. The minimum absolute atomic E-state index is 0.200. The van der Waals surface area contributed by atoms with Crippen molar-refractivity contribution in [1.29, 1.82) is 0 Å². The first-order valence-corrected chi connectivity index (χ1v) is 5.87. The van der Waals surface area contributed by atoms with Gasteiger partial charge in [0.25, 0.3) is 0 Å². The Balaban J connectivity index is 2.74. The van der Waals surface area contributed by atoms with E-state index in [1.165, 1.54) is 19.2 Å². The Morgan fingerprint density at radius 2 is 1.84 bits per heavy atom. The highest BCUT2D eigenvalue weighted by Crippen LogP contribution is 2.30. The Kier molecular flexibility index (Phi) is 5.20. The smallest absolute Gasteiger partial charge is 0.416 e. The SMILES string of the molecule is CCN(CCC(=O)OC)c1ccc(C(F)(F)F)cc1. The third kappa shape index (κ3) is 4.46. The van der Waals surface area contributed by atoms with Gasteiger partial charge in [0.1, 0.15) is 0 Å². The molecule has 1 aromatic carbocycles. The van der Waals surface area contributed by atoms with E-state index in [0.29, 0.717) is 18.8 Å². The topological polar surface area (TPSA) is 29.5 Å². The number of anilines is 1. The molecule has 0 radical (unpaired) electrons. The first-order chi connectivity index (χ1) is 8.88. The van der Waals surface area contributed by atoms with Crippen molar-refractivity contribution in [3.8, 4) is 0 Å². The Morgan fingerprint density at radius 3 is 2.26 bits per heavy atom. The van der Waals surface area contributed by atoms with E-state index in [1.807, 2.05) is 11.8 Å². The number of nitrogens with zero attached hydrogens (tertiary/aromatic N) is 1. The zero-order valence-corrected chi connectivity index (χ0v) is 10.8. The maximum absolute atomic E-state index is 12.4. The molecule has 0 fully saturated rings. The number of alkyl halides is 3. The number of esters is 1. The van der Waals surface area contributed by atoms with Gasteiger partial charge < -0.3 is 9.64 Å². The van der Waals surface area contributed by atoms with Crippen LogP contribution in [-0.2, 0) is 15.7 Å². The first kappa shape index (κ1) is 15.3. The summed E-state index contributed by atoms with van der Waals surface area (Å²) in [4.78, 5) is 12.9. The van der Waals surface area contributed by atoms with E-state index in [9.17, 15) is 18.0 Å². The van der Waals surface area contributed by atoms with E-state index in [1.54, 1.807) is 0 Å². The van der Waals surface area contributed by atoms with Crippen LogP contribution in [0.15, 0.2) is 24.3 Å². The van der Waals surface area contributed by atoms with Crippen molar-refractivity contribution in [2.45, 2.75) is 19.5 Å². The minimum atomic E-state index is -4.33. The third-order valence-electron chi connectivity index (χ3n) is 2.76. The summed E-state index contributed by atoms with van der Waals surface area (Å²) < 4.78 is 41.8. The maximum atomic E-state index is 12.4. The third-order valence-corrected chi connectivity index (χ3v) is 2.76. The monoisotopic (exact) mass is 275 g/mol. The van der Waals surface area contributed by atoms with Gasteiger partial charge in [0.2, 0.25) is 0 Å². The molecule has 0 saturated heterocycles. The second-order valence-electron chi connectivity index (χ2n) is 3.95. The molecule has 6 heteroatoms. The zero-order chi connectivity index (χ0) is 14.5. The number of benzene rings is 1. The summed E-state index contributed by atoms with van der Waals surface area (Å²) >= 11 is 0. The molecule has 0 heterocycles. The number of hydrogen-bond acceptors (Lipinski definition) is 3. The van der Waals surface area contributed by atoms with Gasteiger partial charge in [-0.1, -0.05) is 0 Å². The van der Waals surface area contributed by atoms with Gasteiger partial charge in [0.15, 0.2) is 0 Å². The van der Waals surface area contributed by atoms with Crippen LogP contribution in [0.25, 0.3) is 0 Å². The van der Waals surface area contributed by atoms with E-state index in [4.69, 9.17) is 0 Å². The molecule has 0 aliphatic rings. The largest absolute Gasteiger partial charge is 0.469 e. The van der Waals surface area contributed by atoms with Gasteiger partial charge >= 0.3 is 12.1 Å². The fourth-order valence-corrected chi connectivity index (χ4v) is 1.66. The number of carbonyl (C=O) groups is 1. The molecule has 0 spiro atoms. The summed E-state index contributed by atoms with van der Waals surface area (Å²) in [6.45, 7) is 2.88. The van der Waals surface area contributed by atoms with Crippen LogP contribution in [0, 0.1) is 0 Å². The molecule has 0 amide bonds. The van der Waals surface area contributed by atoms with Crippen molar-refractivity contribution < 1.29 is 22.7 Å². The fraction of sp³-hybridized carbons (Fsp3) is 0.462. The lowest BCUT2D eigenvalue weighted by Crippen LogP contribution is -2.26. The number of hydrogen-bond donors (Lipinski definition) is 0. The molecule has 3 nitrogen and oxygen atoms in total. The molecular weight excluding hydrogens is 259 g/mol. The molecule has 0 saturated carbocycles. The summed E-state index contributed by atoms with van der Waals surface area (Å²) in [6.07, 6.45) is -4.13. The summed E-state index contributed by atoms with van der Waals surface area (Å²) in [5.74, 6) is -0.342. The van der Waals surface area contributed by atoms with E-state index in [-0.39, 0.29) is 12.4 Å². The second-order valence-corrected chi connectivity index (χ2v) is 3.95. The standard InChI is InChI=1S/C13H16F3NO2/c1-3-17(9-8-12(18)19-2)11-6-4-10(5-7-11)13(14,15)16/h4-7H,3,8-9H2,1-2H3. The van der Waals surface area contributed by atoms with Crippen LogP contribution < -0.4 is 4.90 Å². The number of carbonyl (C=O) groups excluding carboxylic acids is 1. The van der Waals surface area contributed by atoms with E-state index < -0.39 is 11.7 Å².